The van der Waals surface area contributed by atoms with E-state index in [2.05, 4.69) is 20.5 Å². The number of amides is 2. The number of ether oxygens (including phenoxy) is 1. The molecule has 160 valence electrons. The van der Waals surface area contributed by atoms with E-state index < -0.39 is 5.91 Å². The molecule has 4 rings (SSSR count). The van der Waals surface area contributed by atoms with E-state index in [1.807, 2.05) is 0 Å². The van der Waals surface area contributed by atoms with E-state index in [9.17, 15) is 14.7 Å². The molecule has 3 N–H and O–H groups in total. The molecule has 1 heterocycles. The molecular weight excluding hydrogens is 432 g/mol. The molecule has 0 aliphatic rings. The fraction of sp³-hybridized carbons (Fsp3) is 0.0435. The van der Waals surface area contributed by atoms with Crippen molar-refractivity contribution in [1.29, 1.82) is 0 Å². The van der Waals surface area contributed by atoms with Gasteiger partial charge in [0.15, 0.2) is 5.69 Å². The Kier molecular flexibility index (Phi) is 5.87. The fourth-order valence-electron chi connectivity index (χ4n) is 3.03. The van der Waals surface area contributed by atoms with Crippen LogP contribution in [-0.4, -0.2) is 29.0 Å². The maximum absolute atomic E-state index is 12.4. The summed E-state index contributed by atoms with van der Waals surface area (Å²) < 4.78 is 5.08. The lowest BCUT2D eigenvalue weighted by molar-refractivity contribution is 0.0993. The minimum atomic E-state index is -0.603. The first-order chi connectivity index (χ1) is 15.4. The second kappa shape index (κ2) is 8.91. The standard InChI is InChI=1S/C23H17ClN4O4/c1-32-17-9-4-13(5-10-17)21(29)25-16-7-2-14(3-8-16)22(30)28-27-20-18-12-15(24)6-11-19(18)26-23(20)31/h2-12,26,31H,1H3,(H,25,29). The van der Waals surface area contributed by atoms with Crippen LogP contribution in [0.5, 0.6) is 11.6 Å². The molecule has 1 aromatic heterocycles. The third kappa shape index (κ3) is 4.45. The molecule has 0 radical (unpaired) electrons. The second-order valence-electron chi connectivity index (χ2n) is 6.78. The fourth-order valence-corrected chi connectivity index (χ4v) is 3.20. The molecule has 0 bridgehead atoms. The van der Waals surface area contributed by atoms with Crippen molar-refractivity contribution in [3.05, 3.63) is 82.9 Å². The van der Waals surface area contributed by atoms with Crippen LogP contribution in [0.15, 0.2) is 77.0 Å². The van der Waals surface area contributed by atoms with Gasteiger partial charge in [0.25, 0.3) is 11.8 Å². The molecular formula is C23H17ClN4O4. The maximum atomic E-state index is 12.4. The van der Waals surface area contributed by atoms with Crippen molar-refractivity contribution in [2.45, 2.75) is 0 Å². The van der Waals surface area contributed by atoms with Gasteiger partial charge in [-0.1, -0.05) is 11.6 Å². The van der Waals surface area contributed by atoms with E-state index in [0.717, 1.165) is 0 Å². The number of hydrogen-bond acceptors (Lipinski definition) is 5. The summed E-state index contributed by atoms with van der Waals surface area (Å²) >= 11 is 5.99. The van der Waals surface area contributed by atoms with Gasteiger partial charge >= 0.3 is 0 Å². The molecule has 0 fully saturated rings. The summed E-state index contributed by atoms with van der Waals surface area (Å²) in [6.45, 7) is 0. The largest absolute Gasteiger partial charge is 0.497 e. The number of aromatic nitrogens is 1. The van der Waals surface area contributed by atoms with E-state index in [0.29, 0.717) is 32.9 Å². The lowest BCUT2D eigenvalue weighted by atomic mass is 10.1. The Morgan fingerprint density at radius 3 is 2.38 bits per heavy atom. The quantitative estimate of drug-likeness (QED) is 0.339. The number of hydrogen-bond donors (Lipinski definition) is 3. The molecule has 0 saturated heterocycles. The van der Waals surface area contributed by atoms with Gasteiger partial charge in [-0.3, -0.25) is 9.59 Å². The molecule has 32 heavy (non-hydrogen) atoms. The molecule has 0 aliphatic heterocycles. The third-order valence-corrected chi connectivity index (χ3v) is 4.93. The minimum Gasteiger partial charge on any atom is -0.497 e. The Balaban J connectivity index is 1.46. The summed E-state index contributed by atoms with van der Waals surface area (Å²) in [4.78, 5) is 27.5. The van der Waals surface area contributed by atoms with Gasteiger partial charge < -0.3 is 20.1 Å². The lowest BCUT2D eigenvalue weighted by Crippen LogP contribution is -2.11. The topological polar surface area (TPSA) is 116 Å². The van der Waals surface area contributed by atoms with Crippen molar-refractivity contribution in [3.63, 3.8) is 0 Å². The van der Waals surface area contributed by atoms with E-state index >= 15 is 0 Å². The van der Waals surface area contributed by atoms with Gasteiger partial charge in [0.2, 0.25) is 5.88 Å². The van der Waals surface area contributed by atoms with Crippen LogP contribution >= 0.6 is 11.6 Å². The predicted octanol–water partition coefficient (Wildman–Crippen LogP) is 5.71. The van der Waals surface area contributed by atoms with Gasteiger partial charge in [0.05, 0.1) is 12.6 Å². The number of methoxy groups -OCH3 is 1. The number of fused-ring (bicyclic) bond motifs is 1. The number of anilines is 1. The number of H-pyrrole nitrogens is 1. The summed E-state index contributed by atoms with van der Waals surface area (Å²) in [7, 11) is 1.55. The van der Waals surface area contributed by atoms with Gasteiger partial charge in [-0.05, 0) is 66.7 Å². The summed E-state index contributed by atoms with van der Waals surface area (Å²) in [6, 6.07) is 17.9. The molecule has 0 aliphatic carbocycles. The average molecular weight is 449 g/mol. The van der Waals surface area contributed by atoms with Crippen LogP contribution in [0.2, 0.25) is 5.02 Å². The van der Waals surface area contributed by atoms with E-state index in [1.165, 1.54) is 12.1 Å². The second-order valence-corrected chi connectivity index (χ2v) is 7.21. The van der Waals surface area contributed by atoms with Crippen LogP contribution in [0, 0.1) is 0 Å². The highest BCUT2D eigenvalue weighted by atomic mass is 35.5. The molecule has 0 spiro atoms. The first-order valence-electron chi connectivity index (χ1n) is 9.46. The number of halogens is 1. The summed E-state index contributed by atoms with van der Waals surface area (Å²) in [5, 5.41) is 21.4. The van der Waals surface area contributed by atoms with E-state index in [4.69, 9.17) is 16.3 Å². The van der Waals surface area contributed by atoms with Crippen LogP contribution in [0.1, 0.15) is 20.7 Å². The van der Waals surface area contributed by atoms with Crippen molar-refractivity contribution in [3.8, 4) is 11.6 Å². The Hall–Kier alpha value is -4.17. The Labute approximate surface area is 187 Å². The number of aromatic hydroxyl groups is 1. The summed E-state index contributed by atoms with van der Waals surface area (Å²) in [6.07, 6.45) is 0. The third-order valence-electron chi connectivity index (χ3n) is 4.70. The molecule has 2 amide bonds. The average Bonchev–Trinajstić information content (AvgIpc) is 3.12. The Bertz CT molecular complexity index is 1330. The predicted molar refractivity (Wildman–Crippen MR) is 121 cm³/mol. The molecule has 4 aromatic rings. The normalized spacial score (nSPS) is 11.1. The van der Waals surface area contributed by atoms with Crippen molar-refractivity contribution in [2.75, 3.05) is 12.4 Å². The highest BCUT2D eigenvalue weighted by Crippen LogP contribution is 2.36. The molecule has 8 nitrogen and oxygen atoms in total. The molecule has 0 atom stereocenters. The number of rotatable bonds is 5. The zero-order chi connectivity index (χ0) is 22.7. The number of benzene rings is 3. The van der Waals surface area contributed by atoms with Crippen molar-refractivity contribution >= 4 is 45.7 Å². The summed E-state index contributed by atoms with van der Waals surface area (Å²) in [5.41, 5.74) is 2.00. The molecule has 0 saturated carbocycles. The number of nitrogens with zero attached hydrogens (tertiary/aromatic N) is 2. The van der Waals surface area contributed by atoms with Gasteiger partial charge in [0.1, 0.15) is 5.75 Å². The molecule has 3 aromatic carbocycles. The zero-order valence-electron chi connectivity index (χ0n) is 16.8. The van der Waals surface area contributed by atoms with Gasteiger partial charge in [-0.15, -0.1) is 10.2 Å². The Morgan fingerprint density at radius 2 is 1.69 bits per heavy atom. The number of aromatic amines is 1. The molecule has 9 heteroatoms. The van der Waals surface area contributed by atoms with Crippen LogP contribution in [-0.2, 0) is 0 Å². The number of carbonyl (C=O) groups is 2. The van der Waals surface area contributed by atoms with Crippen molar-refractivity contribution < 1.29 is 19.4 Å². The first kappa shape index (κ1) is 21.1. The van der Waals surface area contributed by atoms with Gasteiger partial charge in [-0.25, -0.2) is 0 Å². The molecule has 0 unspecified atom stereocenters. The minimum absolute atomic E-state index is 0.124. The van der Waals surface area contributed by atoms with E-state index in [-0.39, 0.29) is 23.0 Å². The lowest BCUT2D eigenvalue weighted by Gasteiger charge is -2.06. The smallest absolute Gasteiger partial charge is 0.295 e. The maximum Gasteiger partial charge on any atom is 0.295 e. The zero-order valence-corrected chi connectivity index (χ0v) is 17.6. The number of nitrogens with one attached hydrogen (secondary N) is 2. The number of azo groups is 1. The van der Waals surface area contributed by atoms with Crippen LogP contribution < -0.4 is 10.1 Å². The van der Waals surface area contributed by atoms with Crippen molar-refractivity contribution in [1.82, 2.24) is 4.98 Å². The van der Waals surface area contributed by atoms with Crippen molar-refractivity contribution in [2.24, 2.45) is 10.2 Å². The first-order valence-corrected chi connectivity index (χ1v) is 9.84. The number of carbonyl (C=O) groups excluding carboxylic acids is 2. The van der Waals surface area contributed by atoms with Crippen LogP contribution in [0.3, 0.4) is 0 Å². The van der Waals surface area contributed by atoms with Gasteiger partial charge in [-0.2, -0.15) is 0 Å². The van der Waals surface area contributed by atoms with E-state index in [1.54, 1.807) is 61.7 Å². The van der Waals surface area contributed by atoms with Crippen LogP contribution in [0.4, 0.5) is 11.4 Å². The Morgan fingerprint density at radius 1 is 1.00 bits per heavy atom. The SMILES string of the molecule is COc1ccc(C(=O)Nc2ccc(C(=O)N=Nc3c(O)[nH]c4ccc(Cl)cc34)cc2)cc1. The highest BCUT2D eigenvalue weighted by Gasteiger charge is 2.13. The monoisotopic (exact) mass is 448 g/mol. The van der Waals surface area contributed by atoms with Crippen LogP contribution in [0.25, 0.3) is 10.9 Å². The van der Waals surface area contributed by atoms with Gasteiger partial charge in [0, 0.05) is 27.2 Å². The summed E-state index contributed by atoms with van der Waals surface area (Å²) in [5.74, 6) is -0.452. The highest BCUT2D eigenvalue weighted by molar-refractivity contribution is 6.31.